The molecule has 1 amide bonds. The van der Waals surface area contributed by atoms with Crippen LogP contribution >= 0.6 is 0 Å². The first kappa shape index (κ1) is 20.3. The number of hydrogen-bond acceptors (Lipinski definition) is 4. The molecule has 0 aliphatic rings. The number of amides is 1. The second-order valence-electron chi connectivity index (χ2n) is 6.27. The molecular formula is C21H25NO5. The van der Waals surface area contributed by atoms with E-state index in [1.807, 2.05) is 30.3 Å². The largest absolute Gasteiger partial charge is 0.508 e. The first-order chi connectivity index (χ1) is 13.0. The molecule has 144 valence electrons. The van der Waals surface area contributed by atoms with Crippen LogP contribution in [-0.4, -0.2) is 35.7 Å². The number of methoxy groups -OCH3 is 1. The molecule has 0 spiro atoms. The van der Waals surface area contributed by atoms with Crippen molar-refractivity contribution < 1.29 is 24.5 Å². The van der Waals surface area contributed by atoms with Crippen LogP contribution in [0.15, 0.2) is 48.5 Å². The topological polar surface area (TPSA) is 95.9 Å². The van der Waals surface area contributed by atoms with E-state index in [2.05, 4.69) is 5.32 Å². The normalized spacial score (nSPS) is 11.6. The minimum absolute atomic E-state index is 0.0323. The van der Waals surface area contributed by atoms with E-state index >= 15 is 0 Å². The Hall–Kier alpha value is -3.02. The third-order valence-corrected chi connectivity index (χ3v) is 4.36. The lowest BCUT2D eigenvalue weighted by Crippen LogP contribution is -2.25. The van der Waals surface area contributed by atoms with E-state index in [-0.39, 0.29) is 30.4 Å². The van der Waals surface area contributed by atoms with Gasteiger partial charge < -0.3 is 20.3 Å². The third-order valence-electron chi connectivity index (χ3n) is 4.36. The lowest BCUT2D eigenvalue weighted by molar-refractivity contribution is -0.137. The smallest absolute Gasteiger partial charge is 0.303 e. The van der Waals surface area contributed by atoms with Gasteiger partial charge in [0.25, 0.3) is 0 Å². The minimum Gasteiger partial charge on any atom is -0.508 e. The maximum atomic E-state index is 12.1. The monoisotopic (exact) mass is 371 g/mol. The summed E-state index contributed by atoms with van der Waals surface area (Å²) in [6, 6.07) is 14.8. The van der Waals surface area contributed by atoms with E-state index in [0.29, 0.717) is 30.7 Å². The van der Waals surface area contributed by atoms with Crippen LogP contribution in [0.3, 0.4) is 0 Å². The SMILES string of the molecule is COc1ccc(O)c(C(CCC(=O)NCCCC(=O)O)c2ccccc2)c1. The fourth-order valence-corrected chi connectivity index (χ4v) is 2.96. The van der Waals surface area contributed by atoms with E-state index in [4.69, 9.17) is 9.84 Å². The lowest BCUT2D eigenvalue weighted by Gasteiger charge is -2.20. The van der Waals surface area contributed by atoms with Gasteiger partial charge in [0.1, 0.15) is 11.5 Å². The Kier molecular flexibility index (Phi) is 7.67. The molecule has 2 aromatic carbocycles. The molecule has 6 heteroatoms. The first-order valence-electron chi connectivity index (χ1n) is 8.91. The Morgan fingerprint density at radius 3 is 2.52 bits per heavy atom. The number of phenols is 1. The summed E-state index contributed by atoms with van der Waals surface area (Å²) in [5.41, 5.74) is 1.71. The van der Waals surface area contributed by atoms with E-state index in [1.54, 1.807) is 25.3 Å². The van der Waals surface area contributed by atoms with Crippen LogP contribution in [0.5, 0.6) is 11.5 Å². The summed E-state index contributed by atoms with van der Waals surface area (Å²) < 4.78 is 5.27. The van der Waals surface area contributed by atoms with Crippen molar-refractivity contribution in [1.82, 2.24) is 5.32 Å². The average molecular weight is 371 g/mol. The van der Waals surface area contributed by atoms with Crippen molar-refractivity contribution in [2.75, 3.05) is 13.7 Å². The van der Waals surface area contributed by atoms with Crippen LogP contribution in [0.4, 0.5) is 0 Å². The van der Waals surface area contributed by atoms with Gasteiger partial charge in [0.2, 0.25) is 5.91 Å². The number of hydrogen-bond donors (Lipinski definition) is 3. The fourth-order valence-electron chi connectivity index (χ4n) is 2.96. The molecule has 0 fully saturated rings. The van der Waals surface area contributed by atoms with Crippen molar-refractivity contribution in [2.45, 2.75) is 31.6 Å². The van der Waals surface area contributed by atoms with Crippen LogP contribution in [0.2, 0.25) is 0 Å². The predicted octanol–water partition coefficient (Wildman–Crippen LogP) is 3.29. The van der Waals surface area contributed by atoms with E-state index < -0.39 is 5.97 Å². The third kappa shape index (κ3) is 6.33. The van der Waals surface area contributed by atoms with E-state index in [0.717, 1.165) is 5.56 Å². The fraction of sp³-hybridized carbons (Fsp3) is 0.333. The van der Waals surface area contributed by atoms with Crippen molar-refractivity contribution >= 4 is 11.9 Å². The van der Waals surface area contributed by atoms with Gasteiger partial charge in [0, 0.05) is 30.9 Å². The molecule has 0 aliphatic carbocycles. The molecule has 6 nitrogen and oxygen atoms in total. The second kappa shape index (κ2) is 10.2. The van der Waals surface area contributed by atoms with Gasteiger partial charge in [-0.2, -0.15) is 0 Å². The number of phenolic OH excluding ortho intramolecular Hbond substituents is 1. The van der Waals surface area contributed by atoms with Crippen molar-refractivity contribution in [3.8, 4) is 11.5 Å². The molecule has 0 radical (unpaired) electrons. The summed E-state index contributed by atoms with van der Waals surface area (Å²) in [6.07, 6.45) is 1.21. The Bertz CT molecular complexity index is 760. The summed E-state index contributed by atoms with van der Waals surface area (Å²) in [5.74, 6) is -0.370. The van der Waals surface area contributed by atoms with Gasteiger partial charge in [0.05, 0.1) is 7.11 Å². The Balaban J connectivity index is 2.08. The number of carbonyl (C=O) groups excluding carboxylic acids is 1. The van der Waals surface area contributed by atoms with E-state index in [9.17, 15) is 14.7 Å². The van der Waals surface area contributed by atoms with Crippen LogP contribution in [0.1, 0.15) is 42.7 Å². The molecule has 2 aromatic rings. The number of carboxylic acid groups (broad SMARTS) is 1. The van der Waals surface area contributed by atoms with Crippen LogP contribution in [-0.2, 0) is 9.59 Å². The number of benzene rings is 2. The van der Waals surface area contributed by atoms with Gasteiger partial charge in [0.15, 0.2) is 0 Å². The minimum atomic E-state index is -0.873. The highest BCUT2D eigenvalue weighted by Gasteiger charge is 2.20. The molecular weight excluding hydrogens is 346 g/mol. The lowest BCUT2D eigenvalue weighted by atomic mass is 9.86. The predicted molar refractivity (Wildman–Crippen MR) is 102 cm³/mol. The maximum Gasteiger partial charge on any atom is 0.303 e. The molecule has 0 heterocycles. The number of aliphatic carboxylic acids is 1. The molecule has 0 bridgehead atoms. The number of nitrogens with one attached hydrogen (secondary N) is 1. The molecule has 3 N–H and O–H groups in total. The zero-order valence-corrected chi connectivity index (χ0v) is 15.4. The van der Waals surface area contributed by atoms with Crippen LogP contribution in [0.25, 0.3) is 0 Å². The van der Waals surface area contributed by atoms with Crippen molar-refractivity contribution in [3.05, 3.63) is 59.7 Å². The highest BCUT2D eigenvalue weighted by Crippen LogP contribution is 2.36. The maximum absolute atomic E-state index is 12.1. The second-order valence-corrected chi connectivity index (χ2v) is 6.27. The van der Waals surface area contributed by atoms with Crippen LogP contribution in [0, 0.1) is 0 Å². The average Bonchev–Trinajstić information content (AvgIpc) is 2.67. The van der Waals surface area contributed by atoms with Gasteiger partial charge in [-0.15, -0.1) is 0 Å². The zero-order chi connectivity index (χ0) is 19.6. The molecule has 0 saturated carbocycles. The Morgan fingerprint density at radius 2 is 1.85 bits per heavy atom. The van der Waals surface area contributed by atoms with Gasteiger partial charge in [-0.05, 0) is 36.6 Å². The highest BCUT2D eigenvalue weighted by molar-refractivity contribution is 5.76. The Labute approximate surface area is 158 Å². The molecule has 1 unspecified atom stereocenters. The van der Waals surface area contributed by atoms with Crippen molar-refractivity contribution in [3.63, 3.8) is 0 Å². The number of ether oxygens (including phenoxy) is 1. The van der Waals surface area contributed by atoms with Crippen LogP contribution < -0.4 is 10.1 Å². The summed E-state index contributed by atoms with van der Waals surface area (Å²) in [7, 11) is 1.57. The summed E-state index contributed by atoms with van der Waals surface area (Å²) in [4.78, 5) is 22.6. The highest BCUT2D eigenvalue weighted by atomic mass is 16.5. The molecule has 1 atom stereocenters. The molecule has 0 aliphatic heterocycles. The van der Waals surface area contributed by atoms with E-state index in [1.165, 1.54) is 0 Å². The Morgan fingerprint density at radius 1 is 1.11 bits per heavy atom. The zero-order valence-electron chi connectivity index (χ0n) is 15.4. The summed E-state index contributed by atoms with van der Waals surface area (Å²) in [6.45, 7) is 0.339. The standard InChI is InChI=1S/C21H25NO5/c1-27-16-9-11-19(23)18(14-16)17(15-6-3-2-4-7-15)10-12-20(24)22-13-5-8-21(25)26/h2-4,6-7,9,11,14,17,23H,5,8,10,12-13H2,1H3,(H,22,24)(H,25,26). The number of aromatic hydroxyl groups is 1. The van der Waals surface area contributed by atoms with Gasteiger partial charge in [-0.25, -0.2) is 0 Å². The number of carbonyl (C=O) groups is 2. The number of rotatable bonds is 10. The molecule has 2 rings (SSSR count). The summed E-state index contributed by atoms with van der Waals surface area (Å²) in [5, 5.41) is 21.7. The molecule has 0 aromatic heterocycles. The van der Waals surface area contributed by atoms with Gasteiger partial charge in [-0.1, -0.05) is 30.3 Å². The van der Waals surface area contributed by atoms with Gasteiger partial charge in [-0.3, -0.25) is 9.59 Å². The quantitative estimate of drug-likeness (QED) is 0.557. The molecule has 27 heavy (non-hydrogen) atoms. The number of carboxylic acids is 1. The first-order valence-corrected chi connectivity index (χ1v) is 8.91. The van der Waals surface area contributed by atoms with Gasteiger partial charge >= 0.3 is 5.97 Å². The van der Waals surface area contributed by atoms with Crippen molar-refractivity contribution in [1.29, 1.82) is 0 Å². The van der Waals surface area contributed by atoms with Crippen molar-refractivity contribution in [2.24, 2.45) is 0 Å². The summed E-state index contributed by atoms with van der Waals surface area (Å²) >= 11 is 0. The molecule has 0 saturated heterocycles.